The van der Waals surface area contributed by atoms with E-state index < -0.39 is 0 Å². The highest BCUT2D eigenvalue weighted by molar-refractivity contribution is 7.57. The van der Waals surface area contributed by atoms with Crippen molar-refractivity contribution in [2.24, 2.45) is 0 Å². The number of rotatable bonds is 0. The average Bonchev–Trinajstić information content (AvgIpc) is 1.91. The van der Waals surface area contributed by atoms with Crippen LogP contribution in [0.2, 0.25) is 0 Å². The fourth-order valence-electron chi connectivity index (χ4n) is 0.697. The van der Waals surface area contributed by atoms with E-state index in [2.05, 4.69) is 23.5 Å². The van der Waals surface area contributed by atoms with Gasteiger partial charge in [0, 0.05) is 13.1 Å². The number of ether oxygens (including phenoxy) is 1. The van der Waals surface area contributed by atoms with Crippen molar-refractivity contribution >= 4 is 19.1 Å². The van der Waals surface area contributed by atoms with E-state index in [0.717, 1.165) is 19.7 Å². The predicted molar refractivity (Wildman–Crippen MR) is 41.7 cm³/mol. The Balaban J connectivity index is 0.000000236. The first-order valence-corrected chi connectivity index (χ1v) is 4.79. The lowest BCUT2D eigenvalue weighted by Crippen LogP contribution is -2.36. The molecule has 1 heterocycles. The Labute approximate surface area is 67.1 Å². The van der Waals surface area contributed by atoms with Crippen LogP contribution >= 0.6 is 19.1 Å². The van der Waals surface area contributed by atoms with Gasteiger partial charge in [-0.2, -0.15) is 0 Å². The van der Waals surface area contributed by atoms with Crippen LogP contribution in [0.3, 0.4) is 0 Å². The Morgan fingerprint density at radius 2 is 2.40 bits per heavy atom. The number of hydrogen-bond acceptors (Lipinski definition) is 3. The molecule has 1 aliphatic rings. The second kappa shape index (κ2) is 7.42. The predicted octanol–water partition coefficient (Wildman–Crippen LogP) is 1.43. The number of morpholine rings is 1. The fraction of sp³-hybridized carbons (Fsp3) is 1.00. The molecule has 0 aromatic carbocycles. The zero-order valence-corrected chi connectivity index (χ0v) is 7.49. The molecule has 0 amide bonds. The summed E-state index contributed by atoms with van der Waals surface area (Å²) in [4.78, 5) is 0. The van der Waals surface area contributed by atoms with Crippen molar-refractivity contribution in [1.82, 2.24) is 5.32 Å². The Kier molecular flexibility index (Phi) is 7.65. The Bertz CT molecular complexity index is 87.7. The summed E-state index contributed by atoms with van der Waals surface area (Å²) >= 11 is 4.42. The van der Waals surface area contributed by atoms with Gasteiger partial charge in [0.05, 0.1) is 12.7 Å². The van der Waals surface area contributed by atoms with Crippen LogP contribution in [0.4, 0.5) is 0 Å². The summed E-state index contributed by atoms with van der Waals surface area (Å²) in [6, 6.07) is 0. The first kappa shape index (κ1) is 10.3. The SMILES string of the molecule is CC1CNCCO1.O=PCl. The molecule has 0 saturated carbocycles. The number of hydrogen-bond donors (Lipinski definition) is 1. The van der Waals surface area contributed by atoms with Crippen molar-refractivity contribution in [3.63, 3.8) is 0 Å². The zero-order valence-electron chi connectivity index (χ0n) is 5.84. The molecule has 1 unspecified atom stereocenters. The first-order valence-electron chi connectivity index (χ1n) is 3.07. The van der Waals surface area contributed by atoms with Gasteiger partial charge in [-0.1, -0.05) is 0 Å². The third kappa shape index (κ3) is 6.43. The van der Waals surface area contributed by atoms with E-state index in [0.29, 0.717) is 6.10 Å². The summed E-state index contributed by atoms with van der Waals surface area (Å²) in [5.41, 5.74) is 0. The quantitative estimate of drug-likeness (QED) is 0.578. The maximum absolute atomic E-state index is 8.67. The fourth-order valence-corrected chi connectivity index (χ4v) is 0.697. The van der Waals surface area contributed by atoms with Gasteiger partial charge >= 0.3 is 0 Å². The maximum Gasteiger partial charge on any atom is 0.267 e. The zero-order chi connectivity index (χ0) is 7.82. The molecule has 1 fully saturated rings. The molecule has 0 spiro atoms. The minimum atomic E-state index is -0.361. The van der Waals surface area contributed by atoms with Crippen LogP contribution in [0.15, 0.2) is 0 Å². The molecule has 10 heavy (non-hydrogen) atoms. The number of halogens is 1. The highest BCUT2D eigenvalue weighted by Crippen LogP contribution is 1.92. The third-order valence-corrected chi connectivity index (χ3v) is 1.11. The summed E-state index contributed by atoms with van der Waals surface area (Å²) in [5, 5.41) is 3.21. The number of nitrogens with one attached hydrogen (secondary N) is 1. The first-order chi connectivity index (χ1) is 4.81. The van der Waals surface area contributed by atoms with Gasteiger partial charge in [-0.05, 0) is 18.2 Å². The molecule has 0 bridgehead atoms. The summed E-state index contributed by atoms with van der Waals surface area (Å²) in [5.74, 6) is 0. The normalized spacial score (nSPS) is 25.2. The van der Waals surface area contributed by atoms with Gasteiger partial charge in [0.2, 0.25) is 0 Å². The van der Waals surface area contributed by atoms with Crippen LogP contribution in [0, 0.1) is 0 Å². The van der Waals surface area contributed by atoms with E-state index >= 15 is 0 Å². The molecule has 5 heteroatoms. The monoisotopic (exact) mass is 183 g/mol. The van der Waals surface area contributed by atoms with Gasteiger partial charge in [0.15, 0.2) is 0 Å². The second-order valence-electron chi connectivity index (χ2n) is 1.95. The highest BCUT2D eigenvalue weighted by atomic mass is 35.7. The van der Waals surface area contributed by atoms with E-state index in [1.165, 1.54) is 0 Å². The molecular weight excluding hydrogens is 172 g/mol. The van der Waals surface area contributed by atoms with Gasteiger partial charge < -0.3 is 10.1 Å². The molecular formula is C5H11ClNO2P. The Hall–Kier alpha value is 0.310. The molecule has 1 N–H and O–H groups in total. The average molecular weight is 184 g/mol. The smallest absolute Gasteiger partial charge is 0.267 e. The molecule has 0 aromatic rings. The van der Waals surface area contributed by atoms with Crippen LogP contribution in [-0.2, 0) is 9.30 Å². The van der Waals surface area contributed by atoms with Crippen molar-refractivity contribution in [3.05, 3.63) is 0 Å². The van der Waals surface area contributed by atoms with Crippen LogP contribution in [-0.4, -0.2) is 25.8 Å². The molecule has 1 atom stereocenters. The summed E-state index contributed by atoms with van der Waals surface area (Å²) in [6.45, 7) is 4.98. The van der Waals surface area contributed by atoms with Crippen molar-refractivity contribution < 1.29 is 9.30 Å². The third-order valence-electron chi connectivity index (χ3n) is 1.11. The lowest BCUT2D eigenvalue weighted by atomic mass is 10.3. The van der Waals surface area contributed by atoms with Crippen LogP contribution in [0.1, 0.15) is 6.92 Å². The van der Waals surface area contributed by atoms with Gasteiger partial charge in [0.25, 0.3) is 7.81 Å². The van der Waals surface area contributed by atoms with E-state index in [1.54, 1.807) is 0 Å². The van der Waals surface area contributed by atoms with Crippen molar-refractivity contribution in [3.8, 4) is 0 Å². The van der Waals surface area contributed by atoms with E-state index in [4.69, 9.17) is 9.30 Å². The minimum absolute atomic E-state index is 0.361. The minimum Gasteiger partial charge on any atom is -0.376 e. The van der Waals surface area contributed by atoms with Crippen molar-refractivity contribution in [2.45, 2.75) is 13.0 Å². The molecule has 60 valence electrons. The highest BCUT2D eigenvalue weighted by Gasteiger charge is 2.04. The van der Waals surface area contributed by atoms with Gasteiger partial charge in [-0.3, -0.25) is 4.57 Å². The van der Waals surface area contributed by atoms with Gasteiger partial charge in [-0.25, -0.2) is 0 Å². The van der Waals surface area contributed by atoms with Gasteiger partial charge in [0.1, 0.15) is 0 Å². The largest absolute Gasteiger partial charge is 0.376 e. The van der Waals surface area contributed by atoms with E-state index in [1.807, 2.05) is 0 Å². The molecule has 1 aliphatic heterocycles. The van der Waals surface area contributed by atoms with Crippen molar-refractivity contribution in [2.75, 3.05) is 19.7 Å². The molecule has 3 nitrogen and oxygen atoms in total. The standard InChI is InChI=1S/C5H11NO.ClOP/c1-5-4-6-2-3-7-5;1-3-2/h5-6H,2-4H2,1H3;. The van der Waals surface area contributed by atoms with Crippen LogP contribution < -0.4 is 5.32 Å². The molecule has 0 aromatic heterocycles. The lowest BCUT2D eigenvalue weighted by Gasteiger charge is -2.18. The van der Waals surface area contributed by atoms with E-state index in [9.17, 15) is 0 Å². The summed E-state index contributed by atoms with van der Waals surface area (Å²) in [7, 11) is -0.361. The summed E-state index contributed by atoms with van der Waals surface area (Å²) < 4.78 is 13.9. The van der Waals surface area contributed by atoms with Gasteiger partial charge in [-0.15, -0.1) is 0 Å². The van der Waals surface area contributed by atoms with Crippen molar-refractivity contribution in [1.29, 1.82) is 0 Å². The lowest BCUT2D eigenvalue weighted by molar-refractivity contribution is 0.0410. The second-order valence-corrected chi connectivity index (χ2v) is 2.51. The van der Waals surface area contributed by atoms with Crippen LogP contribution in [0.5, 0.6) is 0 Å². The molecule has 1 saturated heterocycles. The maximum atomic E-state index is 8.67. The molecule has 0 aliphatic carbocycles. The molecule has 0 radical (unpaired) electrons. The Morgan fingerprint density at radius 3 is 2.60 bits per heavy atom. The van der Waals surface area contributed by atoms with E-state index in [-0.39, 0.29) is 7.81 Å². The molecule has 1 rings (SSSR count). The Morgan fingerprint density at radius 1 is 1.80 bits per heavy atom. The summed E-state index contributed by atoms with van der Waals surface area (Å²) in [6.07, 6.45) is 0.425. The van der Waals surface area contributed by atoms with Crippen LogP contribution in [0.25, 0.3) is 0 Å². The topological polar surface area (TPSA) is 38.3 Å².